The second kappa shape index (κ2) is 5.77. The quantitative estimate of drug-likeness (QED) is 0.923. The van der Waals surface area contributed by atoms with Gasteiger partial charge in [0.15, 0.2) is 0 Å². The molecule has 0 aliphatic heterocycles. The van der Waals surface area contributed by atoms with Crippen LogP contribution in [-0.2, 0) is 16.4 Å². The largest absolute Gasteiger partial charge is 0.469 e. The summed E-state index contributed by atoms with van der Waals surface area (Å²) in [6, 6.07) is 9.64. The topological polar surface area (TPSA) is 59.3 Å². The van der Waals surface area contributed by atoms with E-state index in [1.807, 2.05) is 0 Å². The Balaban J connectivity index is 2.11. The number of hydrogen-bond acceptors (Lipinski definition) is 3. The molecule has 0 saturated carbocycles. The third-order valence-corrected chi connectivity index (χ3v) is 4.66. The first-order chi connectivity index (χ1) is 8.99. The van der Waals surface area contributed by atoms with Gasteiger partial charge in [-0.1, -0.05) is 23.7 Å². The minimum atomic E-state index is -3.62. The summed E-state index contributed by atoms with van der Waals surface area (Å²) in [5, 5.41) is 0.209. The standard InChI is InChI=1S/C13H14ClNO3S/c1-10(9-11-5-4-8-18-11)15-19(16,17)13-7-3-2-6-12(13)14/h2-8,10,15H,9H2,1H3/t10-/m0/s1. The molecule has 0 aliphatic carbocycles. The van der Waals surface area contributed by atoms with Gasteiger partial charge in [-0.25, -0.2) is 13.1 Å². The number of halogens is 1. The van der Waals surface area contributed by atoms with Gasteiger partial charge in [-0.15, -0.1) is 0 Å². The highest BCUT2D eigenvalue weighted by atomic mass is 35.5. The first-order valence-corrected chi connectivity index (χ1v) is 7.64. The molecule has 4 nitrogen and oxygen atoms in total. The molecule has 0 spiro atoms. The minimum absolute atomic E-state index is 0.0861. The van der Waals surface area contributed by atoms with Gasteiger partial charge in [0, 0.05) is 12.5 Å². The van der Waals surface area contributed by atoms with Crippen molar-refractivity contribution < 1.29 is 12.8 Å². The summed E-state index contributed by atoms with van der Waals surface area (Å²) in [7, 11) is -3.62. The van der Waals surface area contributed by atoms with Crippen molar-refractivity contribution in [2.45, 2.75) is 24.3 Å². The third-order valence-electron chi connectivity index (χ3n) is 2.57. The molecule has 1 heterocycles. The molecular formula is C13H14ClNO3S. The fourth-order valence-electron chi connectivity index (χ4n) is 1.76. The molecule has 2 aromatic rings. The minimum Gasteiger partial charge on any atom is -0.469 e. The lowest BCUT2D eigenvalue weighted by molar-refractivity contribution is 0.479. The predicted molar refractivity (Wildman–Crippen MR) is 73.6 cm³/mol. The van der Waals surface area contributed by atoms with Gasteiger partial charge in [0.1, 0.15) is 10.7 Å². The summed E-state index contributed by atoms with van der Waals surface area (Å²) >= 11 is 5.90. The number of nitrogens with one attached hydrogen (secondary N) is 1. The first kappa shape index (κ1) is 14.1. The maximum absolute atomic E-state index is 12.2. The molecule has 2 rings (SSSR count). The lowest BCUT2D eigenvalue weighted by Gasteiger charge is -2.13. The van der Waals surface area contributed by atoms with E-state index in [4.69, 9.17) is 16.0 Å². The summed E-state index contributed by atoms with van der Waals surface area (Å²) in [6.45, 7) is 1.77. The van der Waals surface area contributed by atoms with Crippen LogP contribution in [0.3, 0.4) is 0 Å². The molecule has 0 radical (unpaired) electrons. The number of sulfonamides is 1. The van der Waals surface area contributed by atoms with E-state index in [-0.39, 0.29) is 16.0 Å². The maximum atomic E-state index is 12.2. The Labute approximate surface area is 117 Å². The molecule has 19 heavy (non-hydrogen) atoms. The van der Waals surface area contributed by atoms with Crippen molar-refractivity contribution in [3.63, 3.8) is 0 Å². The Hall–Kier alpha value is -1.30. The van der Waals surface area contributed by atoms with E-state index in [1.54, 1.807) is 43.5 Å². The highest BCUT2D eigenvalue weighted by molar-refractivity contribution is 7.89. The average Bonchev–Trinajstić information content (AvgIpc) is 2.81. The van der Waals surface area contributed by atoms with Gasteiger partial charge in [-0.05, 0) is 31.2 Å². The molecule has 1 aromatic heterocycles. The van der Waals surface area contributed by atoms with Crippen molar-refractivity contribution >= 4 is 21.6 Å². The number of benzene rings is 1. The van der Waals surface area contributed by atoms with Gasteiger partial charge in [0.25, 0.3) is 0 Å². The van der Waals surface area contributed by atoms with Gasteiger partial charge in [0.05, 0.1) is 11.3 Å². The second-order valence-electron chi connectivity index (χ2n) is 4.24. The van der Waals surface area contributed by atoms with Crippen LogP contribution < -0.4 is 4.72 Å². The molecule has 0 bridgehead atoms. The normalized spacial score (nSPS) is 13.4. The van der Waals surface area contributed by atoms with Crippen LogP contribution in [0.5, 0.6) is 0 Å². The van der Waals surface area contributed by atoms with Crippen molar-refractivity contribution in [3.05, 3.63) is 53.4 Å². The molecular weight excluding hydrogens is 286 g/mol. The Bertz CT molecular complexity index is 638. The average molecular weight is 300 g/mol. The fraction of sp³-hybridized carbons (Fsp3) is 0.231. The summed E-state index contributed by atoms with van der Waals surface area (Å²) in [5.74, 6) is 0.731. The van der Waals surface area contributed by atoms with Crippen LogP contribution >= 0.6 is 11.6 Å². The molecule has 0 aliphatic rings. The van der Waals surface area contributed by atoms with Gasteiger partial charge < -0.3 is 4.42 Å². The van der Waals surface area contributed by atoms with Crippen molar-refractivity contribution in [3.8, 4) is 0 Å². The molecule has 1 atom stereocenters. The van der Waals surface area contributed by atoms with Gasteiger partial charge >= 0.3 is 0 Å². The SMILES string of the molecule is C[C@@H](Cc1ccco1)NS(=O)(=O)c1ccccc1Cl. The van der Waals surface area contributed by atoms with E-state index in [1.165, 1.54) is 6.07 Å². The lowest BCUT2D eigenvalue weighted by Crippen LogP contribution is -2.34. The van der Waals surface area contributed by atoms with E-state index in [0.717, 1.165) is 5.76 Å². The van der Waals surface area contributed by atoms with Crippen LogP contribution in [0.15, 0.2) is 52.0 Å². The second-order valence-corrected chi connectivity index (χ2v) is 6.33. The van der Waals surface area contributed by atoms with Gasteiger partial charge in [-0.3, -0.25) is 0 Å². The third kappa shape index (κ3) is 3.59. The van der Waals surface area contributed by atoms with Crippen LogP contribution in [-0.4, -0.2) is 14.5 Å². The predicted octanol–water partition coefficient (Wildman–Crippen LogP) is 2.84. The van der Waals surface area contributed by atoms with Crippen LogP contribution in [0.25, 0.3) is 0 Å². The highest BCUT2D eigenvalue weighted by Gasteiger charge is 2.20. The Morgan fingerprint density at radius 3 is 2.63 bits per heavy atom. The molecule has 0 saturated heterocycles. The smallest absolute Gasteiger partial charge is 0.242 e. The monoisotopic (exact) mass is 299 g/mol. The van der Waals surface area contributed by atoms with Crippen LogP contribution in [0.1, 0.15) is 12.7 Å². The van der Waals surface area contributed by atoms with Crippen LogP contribution in [0, 0.1) is 0 Å². The van der Waals surface area contributed by atoms with E-state index in [0.29, 0.717) is 6.42 Å². The Morgan fingerprint density at radius 2 is 2.00 bits per heavy atom. The van der Waals surface area contributed by atoms with E-state index >= 15 is 0 Å². The molecule has 102 valence electrons. The fourth-order valence-corrected chi connectivity index (χ4v) is 3.53. The summed E-state index contributed by atoms with van der Waals surface area (Å²) < 4.78 is 32.1. The van der Waals surface area contributed by atoms with Crippen molar-refractivity contribution in [1.82, 2.24) is 4.72 Å². The van der Waals surface area contributed by atoms with Crippen molar-refractivity contribution in [2.24, 2.45) is 0 Å². The first-order valence-electron chi connectivity index (χ1n) is 5.78. The molecule has 0 amide bonds. The van der Waals surface area contributed by atoms with E-state index in [2.05, 4.69) is 4.72 Å². The molecule has 1 N–H and O–H groups in total. The zero-order valence-corrected chi connectivity index (χ0v) is 11.9. The molecule has 0 fully saturated rings. The van der Waals surface area contributed by atoms with Gasteiger partial charge in [-0.2, -0.15) is 0 Å². The number of hydrogen-bond donors (Lipinski definition) is 1. The summed E-state index contributed by atoms with van der Waals surface area (Å²) in [4.78, 5) is 0.0861. The zero-order chi connectivity index (χ0) is 13.9. The number of furan rings is 1. The van der Waals surface area contributed by atoms with Crippen LogP contribution in [0.4, 0.5) is 0 Å². The summed E-state index contributed by atoms with van der Waals surface area (Å²) in [5.41, 5.74) is 0. The van der Waals surface area contributed by atoms with Crippen LogP contribution in [0.2, 0.25) is 5.02 Å². The molecule has 6 heteroatoms. The molecule has 1 aromatic carbocycles. The number of rotatable bonds is 5. The van der Waals surface area contributed by atoms with Crippen molar-refractivity contribution in [2.75, 3.05) is 0 Å². The lowest BCUT2D eigenvalue weighted by atomic mass is 10.2. The van der Waals surface area contributed by atoms with E-state index < -0.39 is 10.0 Å². The Kier molecular flexibility index (Phi) is 4.29. The highest BCUT2D eigenvalue weighted by Crippen LogP contribution is 2.20. The van der Waals surface area contributed by atoms with Gasteiger partial charge in [0.2, 0.25) is 10.0 Å². The molecule has 0 unspecified atom stereocenters. The van der Waals surface area contributed by atoms with Crippen molar-refractivity contribution in [1.29, 1.82) is 0 Å². The zero-order valence-electron chi connectivity index (χ0n) is 10.3. The maximum Gasteiger partial charge on any atom is 0.242 e. The Morgan fingerprint density at radius 1 is 1.26 bits per heavy atom. The summed E-state index contributed by atoms with van der Waals surface area (Å²) in [6.07, 6.45) is 2.04. The van der Waals surface area contributed by atoms with E-state index in [9.17, 15) is 8.42 Å².